The van der Waals surface area contributed by atoms with E-state index >= 15 is 0 Å². The van der Waals surface area contributed by atoms with Crippen molar-refractivity contribution in [1.82, 2.24) is 9.88 Å². The van der Waals surface area contributed by atoms with Crippen LogP contribution in [0.15, 0.2) is 35.7 Å². The number of anilines is 1. The van der Waals surface area contributed by atoms with Crippen LogP contribution in [0.2, 0.25) is 0 Å². The summed E-state index contributed by atoms with van der Waals surface area (Å²) in [6.07, 6.45) is 4.36. The molecule has 0 fully saturated rings. The molecule has 3 aromatic rings. The molecule has 1 amide bonds. The molecule has 2 aromatic heterocycles. The number of aromatic nitrogens is 1. The van der Waals surface area contributed by atoms with Gasteiger partial charge < -0.3 is 14.4 Å². The van der Waals surface area contributed by atoms with Gasteiger partial charge in [0.05, 0.1) is 10.2 Å². The highest BCUT2D eigenvalue weighted by Gasteiger charge is 2.20. The minimum Gasteiger partial charge on any atom is -0.486 e. The summed E-state index contributed by atoms with van der Waals surface area (Å²) in [5.74, 6) is 1.39. The van der Waals surface area contributed by atoms with Gasteiger partial charge in [0.2, 0.25) is 0 Å². The Bertz CT molecular complexity index is 969. The van der Waals surface area contributed by atoms with E-state index in [0.29, 0.717) is 30.6 Å². The standard InChI is InChI=1S/C21H23N3O3S2/c1-23(2)8-4-9-24(20(25)7-6-15-5-3-12-28-15)21-22-16-13-17-18(14-19(16)29-21)27-11-10-26-17/h3,5-7,12-14H,4,8-11H2,1-2H3. The van der Waals surface area contributed by atoms with Gasteiger partial charge in [-0.3, -0.25) is 9.69 Å². The monoisotopic (exact) mass is 429 g/mol. The van der Waals surface area contributed by atoms with Gasteiger partial charge in [-0.05, 0) is 44.6 Å². The molecule has 0 saturated carbocycles. The van der Waals surface area contributed by atoms with E-state index in [1.807, 2.05) is 49.8 Å². The van der Waals surface area contributed by atoms with Crippen LogP contribution in [0.1, 0.15) is 11.3 Å². The van der Waals surface area contributed by atoms with Gasteiger partial charge in [0.15, 0.2) is 16.6 Å². The second-order valence-electron chi connectivity index (χ2n) is 6.96. The van der Waals surface area contributed by atoms with Gasteiger partial charge >= 0.3 is 0 Å². The summed E-state index contributed by atoms with van der Waals surface area (Å²) in [6, 6.07) is 7.82. The number of thiophene rings is 1. The van der Waals surface area contributed by atoms with E-state index in [0.717, 1.165) is 33.8 Å². The number of hydrogen-bond donors (Lipinski definition) is 0. The van der Waals surface area contributed by atoms with Crippen molar-refractivity contribution >= 4 is 50.0 Å². The average molecular weight is 430 g/mol. The van der Waals surface area contributed by atoms with E-state index in [1.54, 1.807) is 22.3 Å². The molecule has 1 aliphatic rings. The molecule has 152 valence electrons. The van der Waals surface area contributed by atoms with Gasteiger partial charge in [-0.2, -0.15) is 0 Å². The number of amides is 1. The molecule has 0 saturated heterocycles. The fourth-order valence-electron chi connectivity index (χ4n) is 3.04. The second kappa shape index (κ2) is 8.94. The Morgan fingerprint density at radius 3 is 2.72 bits per heavy atom. The Kier molecular flexibility index (Phi) is 6.13. The van der Waals surface area contributed by atoms with Gasteiger partial charge in [-0.25, -0.2) is 4.98 Å². The Labute approximate surface area is 178 Å². The molecule has 0 aliphatic carbocycles. The van der Waals surface area contributed by atoms with Crippen molar-refractivity contribution in [2.75, 3.05) is 45.3 Å². The maximum Gasteiger partial charge on any atom is 0.252 e. The molecule has 6 nitrogen and oxygen atoms in total. The van der Waals surface area contributed by atoms with Crippen molar-refractivity contribution in [2.24, 2.45) is 0 Å². The molecular weight excluding hydrogens is 406 g/mol. The predicted molar refractivity (Wildman–Crippen MR) is 119 cm³/mol. The lowest BCUT2D eigenvalue weighted by molar-refractivity contribution is -0.114. The molecule has 0 unspecified atom stereocenters. The van der Waals surface area contributed by atoms with Crippen LogP contribution in [-0.2, 0) is 4.79 Å². The van der Waals surface area contributed by atoms with Gasteiger partial charge in [0.25, 0.3) is 5.91 Å². The van der Waals surface area contributed by atoms with Gasteiger partial charge in [-0.1, -0.05) is 17.4 Å². The fourth-order valence-corrected chi connectivity index (χ4v) is 4.67. The summed E-state index contributed by atoms with van der Waals surface area (Å²) in [4.78, 5) is 22.7. The normalized spacial score (nSPS) is 13.5. The Morgan fingerprint density at radius 1 is 1.21 bits per heavy atom. The summed E-state index contributed by atoms with van der Waals surface area (Å²) >= 11 is 3.11. The summed E-state index contributed by atoms with van der Waals surface area (Å²) in [5.41, 5.74) is 0.821. The van der Waals surface area contributed by atoms with E-state index in [9.17, 15) is 4.79 Å². The summed E-state index contributed by atoms with van der Waals surface area (Å²) in [5, 5.41) is 2.69. The van der Waals surface area contributed by atoms with Crippen LogP contribution in [-0.4, -0.2) is 56.2 Å². The number of fused-ring (bicyclic) bond motifs is 2. The Hall–Kier alpha value is -2.42. The first kappa shape index (κ1) is 19.9. The molecule has 1 aromatic carbocycles. The molecule has 0 spiro atoms. The number of nitrogens with zero attached hydrogens (tertiary/aromatic N) is 3. The molecule has 0 atom stereocenters. The molecule has 1 aliphatic heterocycles. The molecule has 8 heteroatoms. The number of ether oxygens (including phenoxy) is 2. The first-order valence-corrected chi connectivity index (χ1v) is 11.2. The zero-order chi connectivity index (χ0) is 20.2. The van der Waals surface area contributed by atoms with Crippen molar-refractivity contribution in [3.8, 4) is 11.5 Å². The lowest BCUT2D eigenvalue weighted by Crippen LogP contribution is -2.32. The maximum atomic E-state index is 13.0. The van der Waals surface area contributed by atoms with Crippen molar-refractivity contribution < 1.29 is 14.3 Å². The average Bonchev–Trinajstić information content (AvgIpc) is 3.36. The van der Waals surface area contributed by atoms with E-state index in [2.05, 4.69) is 4.90 Å². The van der Waals surface area contributed by atoms with E-state index < -0.39 is 0 Å². The van der Waals surface area contributed by atoms with Crippen LogP contribution in [0.5, 0.6) is 11.5 Å². The summed E-state index contributed by atoms with van der Waals surface area (Å²) in [7, 11) is 4.07. The first-order chi connectivity index (χ1) is 14.1. The minimum atomic E-state index is -0.0616. The lowest BCUT2D eigenvalue weighted by Gasteiger charge is -2.19. The molecule has 0 N–H and O–H groups in total. The fraction of sp³-hybridized carbons (Fsp3) is 0.333. The van der Waals surface area contributed by atoms with Crippen molar-refractivity contribution in [2.45, 2.75) is 6.42 Å². The van der Waals surface area contributed by atoms with Crippen LogP contribution in [0.25, 0.3) is 16.3 Å². The van der Waals surface area contributed by atoms with E-state index in [-0.39, 0.29) is 5.91 Å². The molecule has 4 rings (SSSR count). The highest BCUT2D eigenvalue weighted by atomic mass is 32.1. The second-order valence-corrected chi connectivity index (χ2v) is 8.94. The first-order valence-electron chi connectivity index (χ1n) is 9.48. The molecule has 3 heterocycles. The van der Waals surface area contributed by atoms with Crippen LogP contribution in [0.4, 0.5) is 5.13 Å². The zero-order valence-corrected chi connectivity index (χ0v) is 18.1. The van der Waals surface area contributed by atoms with Gasteiger partial charge in [0.1, 0.15) is 13.2 Å². The summed E-state index contributed by atoms with van der Waals surface area (Å²) in [6.45, 7) is 2.60. The number of rotatable bonds is 7. The topological polar surface area (TPSA) is 54.9 Å². The molecular formula is C21H23N3O3S2. The van der Waals surface area contributed by atoms with Crippen LogP contribution in [0.3, 0.4) is 0 Å². The van der Waals surface area contributed by atoms with E-state index in [4.69, 9.17) is 14.5 Å². The quantitative estimate of drug-likeness (QED) is 0.529. The highest BCUT2D eigenvalue weighted by molar-refractivity contribution is 7.22. The third-order valence-corrected chi connectivity index (χ3v) is 6.34. The van der Waals surface area contributed by atoms with E-state index in [1.165, 1.54) is 11.3 Å². The smallest absolute Gasteiger partial charge is 0.252 e. The Morgan fingerprint density at radius 2 is 2.00 bits per heavy atom. The number of thiazole rings is 1. The third kappa shape index (κ3) is 4.77. The number of benzene rings is 1. The zero-order valence-electron chi connectivity index (χ0n) is 16.5. The SMILES string of the molecule is CN(C)CCCN(C(=O)C=Cc1cccs1)c1nc2cc3c(cc2s1)OCCO3. The van der Waals surface area contributed by atoms with Gasteiger partial charge in [0, 0.05) is 29.6 Å². The Balaban J connectivity index is 1.61. The minimum absolute atomic E-state index is 0.0616. The van der Waals surface area contributed by atoms with Crippen LogP contribution >= 0.6 is 22.7 Å². The van der Waals surface area contributed by atoms with Crippen LogP contribution < -0.4 is 14.4 Å². The predicted octanol–water partition coefficient (Wildman–Crippen LogP) is 4.13. The number of carbonyl (C=O) groups is 1. The summed E-state index contributed by atoms with van der Waals surface area (Å²) < 4.78 is 12.3. The number of carbonyl (C=O) groups excluding carboxylic acids is 1. The largest absolute Gasteiger partial charge is 0.486 e. The maximum absolute atomic E-state index is 13.0. The van der Waals surface area contributed by atoms with Crippen LogP contribution in [0, 0.1) is 0 Å². The lowest BCUT2D eigenvalue weighted by atomic mass is 10.3. The molecule has 0 bridgehead atoms. The molecule has 0 radical (unpaired) electrons. The van der Waals surface area contributed by atoms with Crippen molar-refractivity contribution in [3.05, 3.63) is 40.6 Å². The molecule has 29 heavy (non-hydrogen) atoms. The van der Waals surface area contributed by atoms with Crippen molar-refractivity contribution in [3.63, 3.8) is 0 Å². The third-order valence-electron chi connectivity index (χ3n) is 4.46. The van der Waals surface area contributed by atoms with Gasteiger partial charge in [-0.15, -0.1) is 11.3 Å². The number of hydrogen-bond acceptors (Lipinski definition) is 7. The van der Waals surface area contributed by atoms with Crippen molar-refractivity contribution in [1.29, 1.82) is 0 Å². The highest BCUT2D eigenvalue weighted by Crippen LogP contribution is 2.38.